The number of hydrogen-bond donors (Lipinski definition) is 0. The first-order valence-electron chi connectivity index (χ1n) is 7.51. The van der Waals surface area contributed by atoms with E-state index >= 15 is 0 Å². The third-order valence-corrected chi connectivity index (χ3v) is 4.37. The molecule has 0 aliphatic heterocycles. The van der Waals surface area contributed by atoms with E-state index in [1.807, 2.05) is 6.07 Å². The normalized spacial score (nSPS) is 11.9. The molecule has 2 heteroatoms. The van der Waals surface area contributed by atoms with Gasteiger partial charge in [-0.2, -0.15) is 0 Å². The molecule has 2 aromatic carbocycles. The molecule has 0 aliphatic rings. The van der Waals surface area contributed by atoms with Crippen molar-refractivity contribution in [3.05, 3.63) is 72.3 Å². The molecular weight excluding hydrogens is 268 g/mol. The van der Waals surface area contributed by atoms with E-state index in [1.54, 1.807) is 0 Å². The maximum Gasteiger partial charge on any atom is 0.138 e. The Balaban J connectivity index is 2.07. The number of aromatic nitrogens is 2. The average Bonchev–Trinajstić information content (AvgIpc) is 3.08. The van der Waals surface area contributed by atoms with Crippen molar-refractivity contribution in [1.82, 2.24) is 9.38 Å². The van der Waals surface area contributed by atoms with Crippen LogP contribution >= 0.6 is 0 Å². The van der Waals surface area contributed by atoms with E-state index in [9.17, 15) is 0 Å². The third kappa shape index (κ3) is 1.41. The molecule has 0 spiro atoms. The molecule has 0 amide bonds. The number of pyridine rings is 1. The van der Waals surface area contributed by atoms with Crippen molar-refractivity contribution in [2.24, 2.45) is 0 Å². The van der Waals surface area contributed by atoms with Crippen LogP contribution in [-0.4, -0.2) is 9.38 Å². The molecule has 0 aliphatic carbocycles. The van der Waals surface area contributed by atoms with Gasteiger partial charge in [0.1, 0.15) is 5.65 Å². The summed E-state index contributed by atoms with van der Waals surface area (Å²) in [5.74, 6) is 0. The van der Waals surface area contributed by atoms with Crippen LogP contribution in [0.15, 0.2) is 66.7 Å². The van der Waals surface area contributed by atoms with E-state index in [4.69, 9.17) is 4.98 Å². The van der Waals surface area contributed by atoms with Crippen LogP contribution in [0.25, 0.3) is 38.7 Å². The molecule has 5 rings (SSSR count). The van der Waals surface area contributed by atoms with Gasteiger partial charge < -0.3 is 0 Å². The zero-order chi connectivity index (χ0) is 14.7. The lowest BCUT2D eigenvalue weighted by molar-refractivity contribution is 1.28. The zero-order valence-electron chi connectivity index (χ0n) is 12.2. The van der Waals surface area contributed by atoms with Gasteiger partial charge >= 0.3 is 0 Å². The molecule has 0 N–H and O–H groups in total. The number of imidazole rings is 1. The van der Waals surface area contributed by atoms with Crippen molar-refractivity contribution in [2.45, 2.75) is 6.92 Å². The van der Waals surface area contributed by atoms with Gasteiger partial charge in [-0.05, 0) is 24.6 Å². The molecule has 0 fully saturated rings. The zero-order valence-corrected chi connectivity index (χ0v) is 12.2. The minimum absolute atomic E-state index is 1.03. The molecule has 0 unspecified atom stereocenters. The fourth-order valence-electron chi connectivity index (χ4n) is 3.46. The predicted octanol–water partition coefficient (Wildman–Crippen LogP) is 5.05. The molecule has 5 aromatic rings. The van der Waals surface area contributed by atoms with E-state index in [-0.39, 0.29) is 0 Å². The SMILES string of the molecule is Cc1cc2nc(-c3ccccc3)c3c4ccccc4c(c1)n23. The summed E-state index contributed by atoms with van der Waals surface area (Å²) in [6.45, 7) is 2.13. The molecule has 0 saturated heterocycles. The van der Waals surface area contributed by atoms with Crippen LogP contribution in [0.4, 0.5) is 0 Å². The molecular formula is C20H14N2. The van der Waals surface area contributed by atoms with Crippen molar-refractivity contribution >= 4 is 27.5 Å². The van der Waals surface area contributed by atoms with Gasteiger partial charge in [0.05, 0.1) is 16.7 Å². The number of rotatable bonds is 1. The van der Waals surface area contributed by atoms with Crippen molar-refractivity contribution in [3.8, 4) is 11.3 Å². The third-order valence-electron chi connectivity index (χ3n) is 4.37. The molecule has 104 valence electrons. The Morgan fingerprint density at radius 3 is 2.36 bits per heavy atom. The van der Waals surface area contributed by atoms with Gasteiger partial charge in [0, 0.05) is 16.3 Å². The number of fused-ring (bicyclic) bond motifs is 3. The second-order valence-corrected chi connectivity index (χ2v) is 5.83. The van der Waals surface area contributed by atoms with Gasteiger partial charge in [-0.3, -0.25) is 4.40 Å². The highest BCUT2D eigenvalue weighted by atomic mass is 15.0. The molecule has 0 radical (unpaired) electrons. The van der Waals surface area contributed by atoms with E-state index in [1.165, 1.54) is 32.9 Å². The van der Waals surface area contributed by atoms with E-state index in [0.29, 0.717) is 0 Å². The lowest BCUT2D eigenvalue weighted by Crippen LogP contribution is -1.84. The number of aryl methyl sites for hydroxylation is 1. The fourth-order valence-corrected chi connectivity index (χ4v) is 3.46. The van der Waals surface area contributed by atoms with Crippen LogP contribution in [0.2, 0.25) is 0 Å². The Labute approximate surface area is 128 Å². The summed E-state index contributed by atoms with van der Waals surface area (Å²) in [6.07, 6.45) is 0. The van der Waals surface area contributed by atoms with E-state index in [2.05, 4.69) is 72.0 Å². The smallest absolute Gasteiger partial charge is 0.138 e. The fraction of sp³-hybridized carbons (Fsp3) is 0.0500. The van der Waals surface area contributed by atoms with Gasteiger partial charge in [-0.15, -0.1) is 0 Å². The number of nitrogens with zero attached hydrogens (tertiary/aromatic N) is 2. The summed E-state index contributed by atoms with van der Waals surface area (Å²) in [4.78, 5) is 4.92. The minimum Gasteiger partial charge on any atom is -0.292 e. The van der Waals surface area contributed by atoms with Crippen LogP contribution in [0.3, 0.4) is 0 Å². The Morgan fingerprint density at radius 1 is 0.818 bits per heavy atom. The molecule has 2 nitrogen and oxygen atoms in total. The Morgan fingerprint density at radius 2 is 1.55 bits per heavy atom. The summed E-state index contributed by atoms with van der Waals surface area (Å²) in [5.41, 5.74) is 6.97. The van der Waals surface area contributed by atoms with Gasteiger partial charge in [-0.1, -0.05) is 54.6 Å². The topological polar surface area (TPSA) is 17.3 Å². The highest BCUT2D eigenvalue weighted by Gasteiger charge is 2.18. The minimum atomic E-state index is 1.03. The monoisotopic (exact) mass is 282 g/mol. The maximum atomic E-state index is 4.92. The first-order chi connectivity index (χ1) is 10.8. The molecule has 0 bridgehead atoms. The second-order valence-electron chi connectivity index (χ2n) is 5.83. The highest BCUT2D eigenvalue weighted by molar-refractivity contribution is 6.13. The highest BCUT2D eigenvalue weighted by Crippen LogP contribution is 2.37. The maximum absolute atomic E-state index is 4.92. The molecule has 0 atom stereocenters. The molecule has 3 heterocycles. The van der Waals surface area contributed by atoms with Crippen molar-refractivity contribution in [2.75, 3.05) is 0 Å². The predicted molar refractivity (Wildman–Crippen MR) is 91.6 cm³/mol. The van der Waals surface area contributed by atoms with Crippen LogP contribution < -0.4 is 0 Å². The first kappa shape index (κ1) is 11.8. The summed E-state index contributed by atoms with van der Waals surface area (Å²) < 4.78 is 2.29. The Kier molecular flexibility index (Phi) is 2.18. The van der Waals surface area contributed by atoms with Crippen molar-refractivity contribution in [3.63, 3.8) is 0 Å². The number of hydrogen-bond acceptors (Lipinski definition) is 1. The van der Waals surface area contributed by atoms with Crippen LogP contribution in [0, 0.1) is 6.92 Å². The van der Waals surface area contributed by atoms with Crippen LogP contribution in [0.5, 0.6) is 0 Å². The van der Waals surface area contributed by atoms with Crippen molar-refractivity contribution in [1.29, 1.82) is 0 Å². The van der Waals surface area contributed by atoms with E-state index in [0.717, 1.165) is 11.3 Å². The summed E-state index contributed by atoms with van der Waals surface area (Å²) in [5, 5.41) is 2.57. The van der Waals surface area contributed by atoms with Gasteiger partial charge in [0.15, 0.2) is 0 Å². The standard InChI is InChI=1S/C20H14N2/c1-13-11-17-15-9-5-6-10-16(15)20-19(14-7-3-2-4-8-14)21-18(12-13)22(17)20/h2-12H,1H3. The Bertz CT molecular complexity index is 1120. The van der Waals surface area contributed by atoms with Gasteiger partial charge in [0.2, 0.25) is 0 Å². The summed E-state index contributed by atoms with van der Waals surface area (Å²) in [6, 6.07) is 23.5. The summed E-state index contributed by atoms with van der Waals surface area (Å²) in [7, 11) is 0. The second kappa shape index (κ2) is 4.08. The van der Waals surface area contributed by atoms with E-state index < -0.39 is 0 Å². The van der Waals surface area contributed by atoms with Gasteiger partial charge in [-0.25, -0.2) is 4.98 Å². The first-order valence-corrected chi connectivity index (χ1v) is 7.51. The van der Waals surface area contributed by atoms with Gasteiger partial charge in [0.25, 0.3) is 0 Å². The summed E-state index contributed by atoms with van der Waals surface area (Å²) >= 11 is 0. The molecule has 22 heavy (non-hydrogen) atoms. The lowest BCUT2D eigenvalue weighted by Gasteiger charge is -1.97. The number of benzene rings is 2. The van der Waals surface area contributed by atoms with Crippen LogP contribution in [-0.2, 0) is 0 Å². The lowest BCUT2D eigenvalue weighted by atomic mass is 10.1. The molecule has 3 aromatic heterocycles. The average molecular weight is 282 g/mol. The quantitative estimate of drug-likeness (QED) is 0.420. The Hall–Kier alpha value is -2.87. The van der Waals surface area contributed by atoms with Crippen molar-refractivity contribution < 1.29 is 0 Å². The largest absolute Gasteiger partial charge is 0.292 e. The molecule has 0 saturated carbocycles. The van der Waals surface area contributed by atoms with Crippen LogP contribution in [0.1, 0.15) is 5.56 Å².